The second-order valence-corrected chi connectivity index (χ2v) is 2.96. The van der Waals surface area contributed by atoms with E-state index < -0.39 is 17.7 Å². The van der Waals surface area contributed by atoms with Gasteiger partial charge in [0.2, 0.25) is 0 Å². The Kier molecular flexibility index (Phi) is 4.80. The summed E-state index contributed by atoms with van der Waals surface area (Å²) in [4.78, 5) is 22.2. The van der Waals surface area contributed by atoms with Crippen molar-refractivity contribution in [3.8, 4) is 0 Å². The molecule has 0 bridgehead atoms. The van der Waals surface area contributed by atoms with Crippen molar-refractivity contribution in [1.29, 1.82) is 0 Å². The first-order valence-corrected chi connectivity index (χ1v) is 4.89. The van der Waals surface area contributed by atoms with Crippen LogP contribution in [0.5, 0.6) is 0 Å². The number of hydrogen-bond donors (Lipinski definition) is 1. The molecule has 17 heavy (non-hydrogen) atoms. The van der Waals surface area contributed by atoms with Gasteiger partial charge in [0.05, 0.1) is 6.61 Å². The van der Waals surface area contributed by atoms with Gasteiger partial charge in [-0.3, -0.25) is 4.79 Å². The van der Waals surface area contributed by atoms with Crippen molar-refractivity contribution in [3.05, 3.63) is 35.6 Å². The number of hydrazone groups is 1. The highest BCUT2D eigenvalue weighted by Gasteiger charge is 2.03. The predicted molar refractivity (Wildman–Crippen MR) is 59.0 cm³/mol. The van der Waals surface area contributed by atoms with Crippen molar-refractivity contribution >= 4 is 18.1 Å². The molecule has 1 amide bonds. The van der Waals surface area contributed by atoms with Crippen LogP contribution < -0.4 is 5.43 Å². The molecule has 0 heterocycles. The Labute approximate surface area is 97.3 Å². The number of halogens is 1. The molecule has 5 nitrogen and oxygen atoms in total. The molecule has 0 saturated heterocycles. The Morgan fingerprint density at radius 1 is 1.41 bits per heavy atom. The second kappa shape index (κ2) is 6.37. The molecule has 1 N–H and O–H groups in total. The van der Waals surface area contributed by atoms with Gasteiger partial charge in [-0.05, 0) is 31.2 Å². The maximum atomic E-state index is 12.6. The summed E-state index contributed by atoms with van der Waals surface area (Å²) in [5.74, 6) is -1.62. The molecular formula is C11H11FN2O3. The maximum Gasteiger partial charge on any atom is 0.351 e. The first kappa shape index (κ1) is 12.8. The van der Waals surface area contributed by atoms with Gasteiger partial charge in [-0.25, -0.2) is 14.6 Å². The molecule has 0 radical (unpaired) electrons. The third-order valence-corrected chi connectivity index (χ3v) is 1.73. The van der Waals surface area contributed by atoms with E-state index in [0.717, 1.165) is 18.3 Å². The highest BCUT2D eigenvalue weighted by atomic mass is 19.1. The first-order chi connectivity index (χ1) is 8.13. The summed E-state index contributed by atoms with van der Waals surface area (Å²) in [5, 5.41) is 3.40. The molecule has 0 atom stereocenters. The van der Waals surface area contributed by atoms with Gasteiger partial charge in [0.25, 0.3) is 5.91 Å². The topological polar surface area (TPSA) is 67.8 Å². The Morgan fingerprint density at radius 2 is 2.06 bits per heavy atom. The number of hydrogen-bond acceptors (Lipinski definition) is 4. The number of carbonyl (C=O) groups excluding carboxylic acids is 2. The van der Waals surface area contributed by atoms with Crippen LogP contribution >= 0.6 is 0 Å². The molecule has 0 fully saturated rings. The Balaban J connectivity index is 2.50. The number of rotatable bonds is 4. The van der Waals surface area contributed by atoms with Crippen LogP contribution in [0, 0.1) is 5.82 Å². The van der Waals surface area contributed by atoms with Gasteiger partial charge in [-0.1, -0.05) is 0 Å². The molecule has 6 heteroatoms. The monoisotopic (exact) mass is 238 g/mol. The van der Waals surface area contributed by atoms with Crippen LogP contribution in [0.15, 0.2) is 29.4 Å². The van der Waals surface area contributed by atoms with E-state index >= 15 is 0 Å². The highest BCUT2D eigenvalue weighted by Crippen LogP contribution is 2.01. The second-order valence-electron chi connectivity index (χ2n) is 2.96. The molecule has 0 unspecified atom stereocenters. The molecule has 0 aliphatic heterocycles. The van der Waals surface area contributed by atoms with Crippen LogP contribution in [0.25, 0.3) is 0 Å². The SMILES string of the molecule is CCOC(=O)/C=N/NC(=O)c1ccc(F)cc1. The number of benzene rings is 1. The molecule has 0 aliphatic rings. The van der Waals surface area contributed by atoms with Crippen LogP contribution in [0.1, 0.15) is 17.3 Å². The summed E-state index contributed by atoms with van der Waals surface area (Å²) < 4.78 is 17.1. The van der Waals surface area contributed by atoms with E-state index in [4.69, 9.17) is 0 Å². The molecule has 1 rings (SSSR count). The number of amides is 1. The normalized spacial score (nSPS) is 10.2. The van der Waals surface area contributed by atoms with Crippen LogP contribution in [0.3, 0.4) is 0 Å². The average molecular weight is 238 g/mol. The van der Waals surface area contributed by atoms with E-state index in [1.807, 2.05) is 0 Å². The maximum absolute atomic E-state index is 12.6. The molecule has 0 aliphatic carbocycles. The standard InChI is InChI=1S/C11H11FN2O3/c1-2-17-10(15)7-13-14-11(16)8-3-5-9(12)6-4-8/h3-7H,2H2,1H3,(H,14,16)/b13-7+. The van der Waals surface area contributed by atoms with Crippen molar-refractivity contribution in [3.63, 3.8) is 0 Å². The minimum atomic E-state index is -0.646. The zero-order valence-corrected chi connectivity index (χ0v) is 9.14. The molecule has 1 aromatic carbocycles. The fourth-order valence-electron chi connectivity index (χ4n) is 0.989. The Bertz CT molecular complexity index is 429. The van der Waals surface area contributed by atoms with E-state index in [9.17, 15) is 14.0 Å². The van der Waals surface area contributed by atoms with Crippen LogP contribution in [-0.2, 0) is 9.53 Å². The van der Waals surface area contributed by atoms with Gasteiger partial charge >= 0.3 is 5.97 Å². The number of ether oxygens (including phenoxy) is 1. The van der Waals surface area contributed by atoms with Crippen molar-refractivity contribution in [1.82, 2.24) is 5.43 Å². The third-order valence-electron chi connectivity index (χ3n) is 1.73. The molecule has 1 aromatic rings. The average Bonchev–Trinajstić information content (AvgIpc) is 2.30. The van der Waals surface area contributed by atoms with Gasteiger partial charge in [0.1, 0.15) is 12.0 Å². The van der Waals surface area contributed by atoms with Gasteiger partial charge in [-0.2, -0.15) is 5.10 Å². The quantitative estimate of drug-likeness (QED) is 0.485. The molecular weight excluding hydrogens is 227 g/mol. The molecule has 0 saturated carbocycles. The van der Waals surface area contributed by atoms with Crippen molar-refractivity contribution in [2.75, 3.05) is 6.61 Å². The summed E-state index contributed by atoms with van der Waals surface area (Å²) in [5.41, 5.74) is 2.36. The lowest BCUT2D eigenvalue weighted by Gasteiger charge is -1.99. The number of carbonyl (C=O) groups is 2. The number of esters is 1. The summed E-state index contributed by atoms with van der Waals surface area (Å²) in [6, 6.07) is 4.93. The number of nitrogens with one attached hydrogen (secondary N) is 1. The zero-order valence-electron chi connectivity index (χ0n) is 9.14. The van der Waals surface area contributed by atoms with Gasteiger partial charge in [0.15, 0.2) is 0 Å². The van der Waals surface area contributed by atoms with Crippen molar-refractivity contribution < 1.29 is 18.7 Å². The summed E-state index contributed by atoms with van der Waals surface area (Å²) in [6.07, 6.45) is 0.852. The van der Waals surface area contributed by atoms with Crippen LogP contribution in [-0.4, -0.2) is 24.7 Å². The van der Waals surface area contributed by atoms with Gasteiger partial charge in [0, 0.05) is 5.56 Å². The lowest BCUT2D eigenvalue weighted by molar-refractivity contribution is -0.134. The van der Waals surface area contributed by atoms with E-state index in [-0.39, 0.29) is 12.2 Å². The van der Waals surface area contributed by atoms with Gasteiger partial charge in [-0.15, -0.1) is 0 Å². The molecule has 0 aromatic heterocycles. The van der Waals surface area contributed by atoms with Gasteiger partial charge < -0.3 is 4.74 Å². The Morgan fingerprint density at radius 3 is 2.65 bits per heavy atom. The van der Waals surface area contributed by atoms with Crippen molar-refractivity contribution in [2.45, 2.75) is 6.92 Å². The number of nitrogens with zero attached hydrogens (tertiary/aromatic N) is 1. The van der Waals surface area contributed by atoms with Crippen LogP contribution in [0.4, 0.5) is 4.39 Å². The zero-order chi connectivity index (χ0) is 12.7. The van der Waals surface area contributed by atoms with E-state index in [1.165, 1.54) is 12.1 Å². The lowest BCUT2D eigenvalue weighted by atomic mass is 10.2. The largest absolute Gasteiger partial charge is 0.462 e. The third kappa shape index (κ3) is 4.42. The molecule has 0 spiro atoms. The first-order valence-electron chi connectivity index (χ1n) is 4.89. The molecule has 90 valence electrons. The summed E-state index contributed by atoms with van der Waals surface area (Å²) in [6.45, 7) is 1.89. The fourth-order valence-corrected chi connectivity index (χ4v) is 0.989. The van der Waals surface area contributed by atoms with Crippen molar-refractivity contribution in [2.24, 2.45) is 5.10 Å². The minimum Gasteiger partial charge on any atom is -0.462 e. The van der Waals surface area contributed by atoms with Crippen LogP contribution in [0.2, 0.25) is 0 Å². The van der Waals surface area contributed by atoms with E-state index in [1.54, 1.807) is 6.92 Å². The Hall–Kier alpha value is -2.24. The lowest BCUT2D eigenvalue weighted by Crippen LogP contribution is -2.19. The van der Waals surface area contributed by atoms with E-state index in [0.29, 0.717) is 0 Å². The smallest absolute Gasteiger partial charge is 0.351 e. The van der Waals surface area contributed by atoms with E-state index in [2.05, 4.69) is 15.3 Å². The summed E-state index contributed by atoms with van der Waals surface area (Å²) >= 11 is 0. The predicted octanol–water partition coefficient (Wildman–Crippen LogP) is 1.10. The summed E-state index contributed by atoms with van der Waals surface area (Å²) in [7, 11) is 0. The minimum absolute atomic E-state index is 0.233. The highest BCUT2D eigenvalue weighted by molar-refractivity contribution is 6.23. The fraction of sp³-hybridized carbons (Fsp3) is 0.182.